The van der Waals surface area contributed by atoms with Crippen LogP contribution in [0.3, 0.4) is 0 Å². The minimum Gasteiger partial charge on any atom is -0.435 e. The van der Waals surface area contributed by atoms with Crippen molar-refractivity contribution in [1.29, 1.82) is 5.26 Å². The van der Waals surface area contributed by atoms with Gasteiger partial charge in [-0.25, -0.2) is 9.37 Å². The molecule has 1 fully saturated rings. The third kappa shape index (κ3) is 4.68. The number of fused-ring (bicyclic) bond motifs is 1. The van der Waals surface area contributed by atoms with Crippen molar-refractivity contribution < 1.29 is 17.9 Å². The molecule has 0 spiro atoms. The second-order valence-electron chi connectivity index (χ2n) is 8.89. The molecule has 0 bridgehead atoms. The summed E-state index contributed by atoms with van der Waals surface area (Å²) in [6, 6.07) is 9.96. The Morgan fingerprint density at radius 2 is 1.89 bits per heavy atom. The normalized spacial score (nSPS) is 19.7. The van der Waals surface area contributed by atoms with Crippen LogP contribution in [-0.2, 0) is 7.05 Å². The van der Waals surface area contributed by atoms with E-state index in [2.05, 4.69) is 19.5 Å². The van der Waals surface area contributed by atoms with Gasteiger partial charge in [0, 0.05) is 49.9 Å². The summed E-state index contributed by atoms with van der Waals surface area (Å²) in [6.07, 6.45) is 0. The van der Waals surface area contributed by atoms with Crippen LogP contribution in [0, 0.1) is 17.1 Å². The molecule has 0 radical (unpaired) electrons. The Kier molecular flexibility index (Phi) is 6.72. The van der Waals surface area contributed by atoms with Gasteiger partial charge in [0.05, 0.1) is 11.2 Å². The molecule has 3 aromatic rings. The molecule has 0 N–H and O–H groups in total. The van der Waals surface area contributed by atoms with Gasteiger partial charge in [-0.15, -0.1) is 0 Å². The molecule has 0 amide bonds. The third-order valence-corrected chi connectivity index (χ3v) is 6.67. The number of aryl methyl sites for hydroxylation is 1. The molecule has 2 aromatic heterocycles. The standard InChI is InChI=1S/C25H26F3N5O2/c1-14-13-33(22-10-23(34)31(4)21-8-5-17(11-29)30-24(21)22)15(2)12-32(14)16(3)19-9-18(35-25(27)28)6-7-20(19)26/h5-10,14-16,25H,12-13H2,1-4H3/t14-,15+,16?/m1/s1. The van der Waals surface area contributed by atoms with Crippen molar-refractivity contribution in [3.63, 3.8) is 0 Å². The van der Waals surface area contributed by atoms with Gasteiger partial charge in [-0.1, -0.05) is 0 Å². The lowest BCUT2D eigenvalue weighted by atomic mass is 9.99. The number of benzene rings is 1. The molecule has 3 atom stereocenters. The second kappa shape index (κ2) is 9.58. The first-order valence-electron chi connectivity index (χ1n) is 11.3. The molecule has 7 nitrogen and oxygen atoms in total. The van der Waals surface area contributed by atoms with Gasteiger partial charge in [-0.05, 0) is 51.1 Å². The van der Waals surface area contributed by atoms with Crippen LogP contribution in [0.5, 0.6) is 5.75 Å². The molecule has 3 heterocycles. The Bertz CT molecular complexity index is 1350. The summed E-state index contributed by atoms with van der Waals surface area (Å²) in [4.78, 5) is 21.3. The predicted molar refractivity (Wildman–Crippen MR) is 126 cm³/mol. The number of aromatic nitrogens is 2. The molecular formula is C25H26F3N5O2. The summed E-state index contributed by atoms with van der Waals surface area (Å²) in [5, 5.41) is 9.33. The molecule has 4 rings (SSSR count). The fourth-order valence-corrected chi connectivity index (χ4v) is 4.82. The highest BCUT2D eigenvalue weighted by atomic mass is 19.3. The average Bonchev–Trinajstić information content (AvgIpc) is 2.82. The van der Waals surface area contributed by atoms with E-state index in [9.17, 15) is 23.2 Å². The van der Waals surface area contributed by atoms with Gasteiger partial charge in [0.2, 0.25) is 0 Å². The molecular weight excluding hydrogens is 459 g/mol. The summed E-state index contributed by atoms with van der Waals surface area (Å²) < 4.78 is 45.9. The summed E-state index contributed by atoms with van der Waals surface area (Å²) >= 11 is 0. The number of rotatable bonds is 5. The van der Waals surface area contributed by atoms with Crippen molar-refractivity contribution in [2.24, 2.45) is 7.05 Å². The van der Waals surface area contributed by atoms with E-state index in [-0.39, 0.29) is 34.6 Å². The van der Waals surface area contributed by atoms with Gasteiger partial charge in [0.1, 0.15) is 28.8 Å². The minimum atomic E-state index is -2.99. The third-order valence-electron chi connectivity index (χ3n) is 6.67. The number of anilines is 1. The Balaban J connectivity index is 1.66. The number of alkyl halides is 2. The van der Waals surface area contributed by atoms with Crippen molar-refractivity contribution in [3.8, 4) is 11.8 Å². The number of hydrogen-bond acceptors (Lipinski definition) is 6. The van der Waals surface area contributed by atoms with E-state index in [1.54, 1.807) is 19.2 Å². The fourth-order valence-electron chi connectivity index (χ4n) is 4.82. The van der Waals surface area contributed by atoms with Crippen LogP contribution in [-0.4, -0.2) is 46.2 Å². The second-order valence-corrected chi connectivity index (χ2v) is 8.89. The van der Waals surface area contributed by atoms with Crippen LogP contribution in [0.1, 0.15) is 38.1 Å². The Morgan fingerprint density at radius 3 is 2.57 bits per heavy atom. The molecule has 0 aliphatic carbocycles. The van der Waals surface area contributed by atoms with Gasteiger partial charge in [0.25, 0.3) is 5.56 Å². The van der Waals surface area contributed by atoms with Crippen molar-refractivity contribution in [2.45, 2.75) is 45.5 Å². The van der Waals surface area contributed by atoms with Crippen LogP contribution in [0.4, 0.5) is 18.9 Å². The molecule has 1 aliphatic rings. The SMILES string of the molecule is CC(c1cc(OC(F)F)ccc1F)N1C[C@H](C)N(c2cc(=O)n(C)c3ccc(C#N)nc23)C[C@H]1C. The maximum atomic E-state index is 14.7. The maximum absolute atomic E-state index is 14.7. The Morgan fingerprint density at radius 1 is 1.14 bits per heavy atom. The number of halogens is 3. The molecule has 1 aliphatic heterocycles. The van der Waals surface area contributed by atoms with Gasteiger partial charge in [-0.2, -0.15) is 14.0 Å². The highest BCUT2D eigenvalue weighted by molar-refractivity contribution is 5.89. The van der Waals surface area contributed by atoms with E-state index >= 15 is 0 Å². The van der Waals surface area contributed by atoms with Crippen molar-refractivity contribution in [3.05, 3.63) is 63.8 Å². The number of ether oxygens (including phenoxy) is 1. The van der Waals surface area contributed by atoms with Crippen LogP contribution in [0.15, 0.2) is 41.2 Å². The van der Waals surface area contributed by atoms with Crippen molar-refractivity contribution >= 4 is 16.7 Å². The van der Waals surface area contributed by atoms with Gasteiger partial charge >= 0.3 is 6.61 Å². The number of nitriles is 1. The summed E-state index contributed by atoms with van der Waals surface area (Å²) in [7, 11) is 1.66. The molecule has 1 saturated heterocycles. The van der Waals surface area contributed by atoms with Gasteiger partial charge in [0.15, 0.2) is 0 Å². The summed E-state index contributed by atoms with van der Waals surface area (Å²) in [6.45, 7) is 3.87. The highest BCUT2D eigenvalue weighted by Crippen LogP contribution is 2.34. The number of hydrogen-bond donors (Lipinski definition) is 0. The zero-order chi connectivity index (χ0) is 25.4. The van der Waals surface area contributed by atoms with E-state index in [0.717, 1.165) is 6.07 Å². The molecule has 35 heavy (non-hydrogen) atoms. The van der Waals surface area contributed by atoms with Crippen LogP contribution < -0.4 is 15.2 Å². The first kappa shape index (κ1) is 24.5. The quantitative estimate of drug-likeness (QED) is 0.539. The number of nitrogens with zero attached hydrogens (tertiary/aromatic N) is 5. The van der Waals surface area contributed by atoms with E-state index in [4.69, 9.17) is 0 Å². The zero-order valence-electron chi connectivity index (χ0n) is 19.9. The van der Waals surface area contributed by atoms with Crippen molar-refractivity contribution in [2.75, 3.05) is 18.0 Å². The molecule has 1 aromatic carbocycles. The molecule has 1 unspecified atom stereocenters. The lowest BCUT2D eigenvalue weighted by Gasteiger charge is -2.47. The van der Waals surface area contributed by atoms with E-state index in [1.807, 2.05) is 26.8 Å². The lowest BCUT2D eigenvalue weighted by Crippen LogP contribution is -2.57. The van der Waals surface area contributed by atoms with Crippen LogP contribution >= 0.6 is 0 Å². The Hall–Kier alpha value is -3.58. The van der Waals surface area contributed by atoms with Gasteiger partial charge in [-0.3, -0.25) is 9.69 Å². The van der Waals surface area contributed by atoms with Gasteiger partial charge < -0.3 is 14.2 Å². The molecule has 184 valence electrons. The molecule has 0 saturated carbocycles. The number of piperazine rings is 1. The Labute approximate surface area is 201 Å². The fraction of sp³-hybridized carbons (Fsp3) is 0.400. The van der Waals surface area contributed by atoms with Crippen LogP contribution in [0.25, 0.3) is 11.0 Å². The van der Waals surface area contributed by atoms with Crippen LogP contribution in [0.2, 0.25) is 0 Å². The summed E-state index contributed by atoms with van der Waals surface area (Å²) in [5.74, 6) is -0.583. The topological polar surface area (TPSA) is 74.4 Å². The summed E-state index contributed by atoms with van der Waals surface area (Å²) in [5.41, 5.74) is 2.18. The smallest absolute Gasteiger partial charge is 0.387 e. The average molecular weight is 486 g/mol. The molecule has 10 heteroatoms. The monoisotopic (exact) mass is 485 g/mol. The largest absolute Gasteiger partial charge is 0.435 e. The predicted octanol–water partition coefficient (Wildman–Crippen LogP) is 4.21. The first-order chi connectivity index (χ1) is 16.6. The van der Waals surface area contributed by atoms with Crippen molar-refractivity contribution in [1.82, 2.24) is 14.5 Å². The minimum absolute atomic E-state index is 0.0708. The highest BCUT2D eigenvalue weighted by Gasteiger charge is 2.34. The number of pyridine rings is 2. The first-order valence-corrected chi connectivity index (χ1v) is 11.3. The van der Waals surface area contributed by atoms with E-state index in [1.165, 1.54) is 22.8 Å². The van der Waals surface area contributed by atoms with E-state index in [0.29, 0.717) is 29.8 Å². The van der Waals surface area contributed by atoms with E-state index < -0.39 is 18.5 Å². The maximum Gasteiger partial charge on any atom is 0.387 e. The lowest BCUT2D eigenvalue weighted by molar-refractivity contribution is -0.0500. The zero-order valence-corrected chi connectivity index (χ0v) is 19.9.